The summed E-state index contributed by atoms with van der Waals surface area (Å²) in [6, 6.07) is 0. The molecular weight excluding hydrogens is 228 g/mol. The summed E-state index contributed by atoms with van der Waals surface area (Å²) in [5.74, 6) is 0.207. The third-order valence-electron chi connectivity index (χ3n) is 3.67. The summed E-state index contributed by atoms with van der Waals surface area (Å²) < 4.78 is 0. The van der Waals surface area contributed by atoms with Gasteiger partial charge in [0.1, 0.15) is 0 Å². The summed E-state index contributed by atoms with van der Waals surface area (Å²) in [5, 5.41) is 13.2. The Labute approximate surface area is 111 Å². The molecule has 1 rings (SSSR count). The molecule has 1 atom stereocenters. The minimum Gasteiger partial charge on any atom is -0.389 e. The third kappa shape index (κ3) is 3.69. The van der Waals surface area contributed by atoms with Crippen molar-refractivity contribution in [3.05, 3.63) is 0 Å². The highest BCUT2D eigenvalue weighted by atomic mass is 16.3. The first-order chi connectivity index (χ1) is 8.34. The number of carbonyl (C=O) groups excluding carboxylic acids is 1. The van der Waals surface area contributed by atoms with Crippen LogP contribution in [0.15, 0.2) is 0 Å². The van der Waals surface area contributed by atoms with Crippen molar-refractivity contribution in [1.29, 1.82) is 0 Å². The lowest BCUT2D eigenvalue weighted by atomic mass is 9.80. The molecule has 0 aromatic heterocycles. The molecule has 2 N–H and O–H groups in total. The molecule has 4 nitrogen and oxygen atoms in total. The van der Waals surface area contributed by atoms with E-state index in [2.05, 4.69) is 12.2 Å². The zero-order valence-electron chi connectivity index (χ0n) is 12.3. The van der Waals surface area contributed by atoms with Crippen LogP contribution in [0.5, 0.6) is 0 Å². The van der Waals surface area contributed by atoms with Gasteiger partial charge in [-0.2, -0.15) is 0 Å². The lowest BCUT2D eigenvalue weighted by Crippen LogP contribution is -2.50. The fraction of sp³-hybridized carbons (Fsp3) is 0.929. The van der Waals surface area contributed by atoms with E-state index in [0.717, 1.165) is 32.4 Å². The minimum absolute atomic E-state index is 0.207. The van der Waals surface area contributed by atoms with Crippen LogP contribution in [0.2, 0.25) is 0 Å². The molecule has 1 amide bonds. The van der Waals surface area contributed by atoms with Crippen LogP contribution in [0.1, 0.15) is 47.0 Å². The molecule has 4 heteroatoms. The Kier molecular flexibility index (Phi) is 5.17. The van der Waals surface area contributed by atoms with E-state index in [1.54, 1.807) is 13.8 Å². The average molecular weight is 256 g/mol. The van der Waals surface area contributed by atoms with E-state index in [4.69, 9.17) is 0 Å². The van der Waals surface area contributed by atoms with Crippen LogP contribution in [0.3, 0.4) is 0 Å². The SMILES string of the molecule is CCCC1(C(=O)N(CC)CC(C)(C)O)CCNC1. The van der Waals surface area contributed by atoms with E-state index in [0.29, 0.717) is 13.1 Å². The Bertz CT molecular complexity index is 278. The van der Waals surface area contributed by atoms with Gasteiger partial charge in [0.15, 0.2) is 0 Å². The quantitative estimate of drug-likeness (QED) is 0.755. The highest BCUT2D eigenvalue weighted by Gasteiger charge is 2.43. The molecule has 1 unspecified atom stereocenters. The van der Waals surface area contributed by atoms with E-state index in [1.807, 2.05) is 11.8 Å². The Morgan fingerprint density at radius 3 is 2.50 bits per heavy atom. The summed E-state index contributed by atoms with van der Waals surface area (Å²) in [4.78, 5) is 14.5. The Hall–Kier alpha value is -0.610. The number of rotatable bonds is 6. The molecule has 1 fully saturated rings. The number of hydrogen-bond donors (Lipinski definition) is 2. The highest BCUT2D eigenvalue weighted by Crippen LogP contribution is 2.33. The molecule has 1 saturated heterocycles. The number of amides is 1. The van der Waals surface area contributed by atoms with Gasteiger partial charge in [-0.15, -0.1) is 0 Å². The predicted molar refractivity (Wildman–Crippen MR) is 73.4 cm³/mol. The maximum atomic E-state index is 12.7. The highest BCUT2D eigenvalue weighted by molar-refractivity contribution is 5.83. The number of nitrogens with one attached hydrogen (secondary N) is 1. The fourth-order valence-electron chi connectivity index (χ4n) is 2.85. The van der Waals surface area contributed by atoms with Crippen molar-refractivity contribution in [1.82, 2.24) is 10.2 Å². The van der Waals surface area contributed by atoms with Crippen molar-refractivity contribution in [3.8, 4) is 0 Å². The summed E-state index contributed by atoms with van der Waals surface area (Å²) in [6.45, 7) is 10.4. The number of nitrogens with zero attached hydrogens (tertiary/aromatic N) is 1. The second-order valence-corrected chi connectivity index (χ2v) is 6.09. The van der Waals surface area contributed by atoms with Crippen molar-refractivity contribution < 1.29 is 9.90 Å². The average Bonchev–Trinajstić information content (AvgIpc) is 2.74. The molecule has 1 aliphatic heterocycles. The van der Waals surface area contributed by atoms with Gasteiger partial charge in [-0.1, -0.05) is 13.3 Å². The van der Waals surface area contributed by atoms with Crippen molar-refractivity contribution in [2.75, 3.05) is 26.2 Å². The summed E-state index contributed by atoms with van der Waals surface area (Å²) in [7, 11) is 0. The van der Waals surface area contributed by atoms with Crippen LogP contribution in [0, 0.1) is 5.41 Å². The van der Waals surface area contributed by atoms with Crippen molar-refractivity contribution in [2.24, 2.45) is 5.41 Å². The number of likely N-dealkylation sites (N-methyl/N-ethyl adjacent to an activating group) is 1. The molecule has 0 spiro atoms. The summed E-state index contributed by atoms with van der Waals surface area (Å²) in [6.07, 6.45) is 2.87. The Morgan fingerprint density at radius 2 is 2.11 bits per heavy atom. The van der Waals surface area contributed by atoms with Gasteiger partial charge in [0.25, 0.3) is 0 Å². The van der Waals surface area contributed by atoms with Gasteiger partial charge in [-0.25, -0.2) is 0 Å². The molecule has 0 radical (unpaired) electrons. The number of carbonyl (C=O) groups is 1. The lowest BCUT2D eigenvalue weighted by Gasteiger charge is -2.36. The van der Waals surface area contributed by atoms with Crippen LogP contribution in [-0.2, 0) is 4.79 Å². The van der Waals surface area contributed by atoms with E-state index < -0.39 is 5.60 Å². The molecule has 0 aliphatic carbocycles. The van der Waals surface area contributed by atoms with E-state index >= 15 is 0 Å². The van der Waals surface area contributed by atoms with Crippen molar-refractivity contribution >= 4 is 5.91 Å². The molecular formula is C14H28N2O2. The van der Waals surface area contributed by atoms with E-state index in [-0.39, 0.29) is 11.3 Å². The van der Waals surface area contributed by atoms with Gasteiger partial charge in [0.2, 0.25) is 5.91 Å². The zero-order valence-corrected chi connectivity index (χ0v) is 12.3. The van der Waals surface area contributed by atoms with Crippen LogP contribution in [0.4, 0.5) is 0 Å². The van der Waals surface area contributed by atoms with Crippen LogP contribution in [-0.4, -0.2) is 47.7 Å². The summed E-state index contributed by atoms with van der Waals surface area (Å²) >= 11 is 0. The van der Waals surface area contributed by atoms with Gasteiger partial charge in [0.05, 0.1) is 11.0 Å². The topological polar surface area (TPSA) is 52.6 Å². The monoisotopic (exact) mass is 256 g/mol. The molecule has 0 bridgehead atoms. The van der Waals surface area contributed by atoms with Crippen molar-refractivity contribution in [2.45, 2.75) is 52.6 Å². The zero-order chi connectivity index (χ0) is 13.8. The Balaban J connectivity index is 2.80. The standard InChI is InChI=1S/C14H28N2O2/c1-5-7-14(8-9-15-10-14)12(17)16(6-2)11-13(3,4)18/h15,18H,5-11H2,1-4H3. The molecule has 18 heavy (non-hydrogen) atoms. The second kappa shape index (κ2) is 6.02. The minimum atomic E-state index is -0.828. The molecule has 0 aromatic carbocycles. The lowest BCUT2D eigenvalue weighted by molar-refractivity contribution is -0.144. The maximum absolute atomic E-state index is 12.7. The Morgan fingerprint density at radius 1 is 1.44 bits per heavy atom. The van der Waals surface area contributed by atoms with Crippen LogP contribution >= 0.6 is 0 Å². The summed E-state index contributed by atoms with van der Waals surface area (Å²) in [5.41, 5.74) is -1.07. The van der Waals surface area contributed by atoms with Gasteiger partial charge >= 0.3 is 0 Å². The molecule has 0 saturated carbocycles. The van der Waals surface area contributed by atoms with E-state index in [1.165, 1.54) is 0 Å². The molecule has 1 heterocycles. The van der Waals surface area contributed by atoms with E-state index in [9.17, 15) is 9.90 Å². The first-order valence-electron chi connectivity index (χ1n) is 7.07. The van der Waals surface area contributed by atoms with Gasteiger partial charge < -0.3 is 15.3 Å². The van der Waals surface area contributed by atoms with Gasteiger partial charge in [-0.3, -0.25) is 4.79 Å². The first-order valence-corrected chi connectivity index (χ1v) is 7.07. The number of aliphatic hydroxyl groups is 1. The normalized spacial score (nSPS) is 24.3. The van der Waals surface area contributed by atoms with Crippen LogP contribution < -0.4 is 5.32 Å². The molecule has 1 aliphatic rings. The maximum Gasteiger partial charge on any atom is 0.230 e. The predicted octanol–water partition coefficient (Wildman–Crippen LogP) is 1.39. The van der Waals surface area contributed by atoms with Gasteiger partial charge in [-0.05, 0) is 40.2 Å². The molecule has 0 aromatic rings. The first kappa shape index (κ1) is 15.4. The fourth-order valence-corrected chi connectivity index (χ4v) is 2.85. The smallest absolute Gasteiger partial charge is 0.230 e. The largest absolute Gasteiger partial charge is 0.389 e. The van der Waals surface area contributed by atoms with Crippen LogP contribution in [0.25, 0.3) is 0 Å². The second-order valence-electron chi connectivity index (χ2n) is 6.09. The third-order valence-corrected chi connectivity index (χ3v) is 3.67. The molecule has 106 valence electrons. The van der Waals surface area contributed by atoms with Crippen molar-refractivity contribution in [3.63, 3.8) is 0 Å². The van der Waals surface area contributed by atoms with Gasteiger partial charge in [0, 0.05) is 19.6 Å². The number of hydrogen-bond acceptors (Lipinski definition) is 3.